The highest BCUT2D eigenvalue weighted by Crippen LogP contribution is 2.30. The van der Waals surface area contributed by atoms with E-state index in [4.69, 9.17) is 5.11 Å². The van der Waals surface area contributed by atoms with E-state index in [-0.39, 0.29) is 0 Å². The molecule has 0 bridgehead atoms. The van der Waals surface area contributed by atoms with Gasteiger partial charge >= 0.3 is 5.97 Å². The number of carboxylic acid groups (broad SMARTS) is 1. The van der Waals surface area contributed by atoms with Gasteiger partial charge < -0.3 is 10.4 Å². The maximum absolute atomic E-state index is 10.9. The zero-order chi connectivity index (χ0) is 9.42. The molecule has 1 aliphatic heterocycles. The van der Waals surface area contributed by atoms with E-state index in [9.17, 15) is 4.79 Å². The summed E-state index contributed by atoms with van der Waals surface area (Å²) in [5.41, 5.74) is 2.24. The van der Waals surface area contributed by atoms with Crippen molar-refractivity contribution in [2.75, 3.05) is 11.9 Å². The number of fused-ring (bicyclic) bond motifs is 1. The standard InChI is InChI=1S/C9H8BrNO2/c10-6-1-2-7-5(3-4-11-7)8(6)9(12)13/h1-2,11H,3-4H2,(H,12,13). The largest absolute Gasteiger partial charge is 0.478 e. The summed E-state index contributed by atoms with van der Waals surface area (Å²) in [6.07, 6.45) is 0.788. The van der Waals surface area contributed by atoms with Crippen LogP contribution in [0.1, 0.15) is 15.9 Å². The fourth-order valence-electron chi connectivity index (χ4n) is 1.60. The first-order chi connectivity index (χ1) is 6.20. The van der Waals surface area contributed by atoms with Gasteiger partial charge in [-0.25, -0.2) is 4.79 Å². The van der Waals surface area contributed by atoms with Gasteiger partial charge in [0.1, 0.15) is 0 Å². The van der Waals surface area contributed by atoms with Crippen molar-refractivity contribution in [2.45, 2.75) is 6.42 Å². The smallest absolute Gasteiger partial charge is 0.337 e. The van der Waals surface area contributed by atoms with E-state index in [2.05, 4.69) is 21.2 Å². The summed E-state index contributed by atoms with van der Waals surface area (Å²) in [5.74, 6) is -0.868. The molecule has 0 atom stereocenters. The SMILES string of the molecule is O=C(O)c1c(Br)ccc2c1CCN2. The summed E-state index contributed by atoms with van der Waals surface area (Å²) in [7, 11) is 0. The van der Waals surface area contributed by atoms with Gasteiger partial charge in [-0.05, 0) is 40.0 Å². The fraction of sp³-hybridized carbons (Fsp3) is 0.222. The van der Waals surface area contributed by atoms with Crippen molar-refractivity contribution in [3.05, 3.63) is 27.7 Å². The maximum Gasteiger partial charge on any atom is 0.337 e. The summed E-state index contributed by atoms with van der Waals surface area (Å²) in [6, 6.07) is 3.67. The second-order valence-corrected chi connectivity index (χ2v) is 3.78. The van der Waals surface area contributed by atoms with Gasteiger partial charge in [-0.2, -0.15) is 0 Å². The minimum atomic E-state index is -0.868. The molecule has 0 aliphatic carbocycles. The first kappa shape index (κ1) is 8.56. The number of carbonyl (C=O) groups is 1. The van der Waals surface area contributed by atoms with Crippen molar-refractivity contribution in [1.82, 2.24) is 0 Å². The van der Waals surface area contributed by atoms with Crippen molar-refractivity contribution in [1.29, 1.82) is 0 Å². The summed E-state index contributed by atoms with van der Waals surface area (Å²) in [5, 5.41) is 12.1. The first-order valence-corrected chi connectivity index (χ1v) is 4.78. The maximum atomic E-state index is 10.9. The minimum Gasteiger partial charge on any atom is -0.478 e. The van der Waals surface area contributed by atoms with Gasteiger partial charge in [-0.3, -0.25) is 0 Å². The number of aromatic carboxylic acids is 1. The fourth-order valence-corrected chi connectivity index (χ4v) is 2.14. The molecular weight excluding hydrogens is 234 g/mol. The lowest BCUT2D eigenvalue weighted by molar-refractivity contribution is 0.0695. The van der Waals surface area contributed by atoms with Crippen molar-refractivity contribution in [2.24, 2.45) is 0 Å². The number of halogens is 1. The summed E-state index contributed by atoms with van der Waals surface area (Å²) >= 11 is 3.24. The Morgan fingerprint density at radius 2 is 2.31 bits per heavy atom. The van der Waals surface area contributed by atoms with E-state index in [1.54, 1.807) is 6.07 Å². The molecule has 68 valence electrons. The molecule has 0 radical (unpaired) electrons. The van der Waals surface area contributed by atoms with Crippen LogP contribution in [0.25, 0.3) is 0 Å². The molecule has 4 heteroatoms. The lowest BCUT2D eigenvalue weighted by Crippen LogP contribution is -2.02. The van der Waals surface area contributed by atoms with Gasteiger partial charge in [0.25, 0.3) is 0 Å². The Hall–Kier alpha value is -1.03. The van der Waals surface area contributed by atoms with Gasteiger partial charge in [-0.15, -0.1) is 0 Å². The number of benzene rings is 1. The van der Waals surface area contributed by atoms with E-state index >= 15 is 0 Å². The molecule has 0 spiro atoms. The van der Waals surface area contributed by atoms with Crippen molar-refractivity contribution < 1.29 is 9.90 Å². The zero-order valence-electron chi connectivity index (χ0n) is 6.80. The van der Waals surface area contributed by atoms with Crippen molar-refractivity contribution >= 4 is 27.6 Å². The summed E-state index contributed by atoms with van der Waals surface area (Å²) < 4.78 is 0.655. The average molecular weight is 242 g/mol. The molecule has 0 fully saturated rings. The molecule has 1 aromatic rings. The lowest BCUT2D eigenvalue weighted by atomic mass is 10.1. The third-order valence-electron chi connectivity index (χ3n) is 2.17. The number of hydrogen-bond donors (Lipinski definition) is 2. The predicted molar refractivity (Wildman–Crippen MR) is 53.3 cm³/mol. The number of hydrogen-bond acceptors (Lipinski definition) is 2. The molecule has 3 nitrogen and oxygen atoms in total. The van der Waals surface area contributed by atoms with Crippen LogP contribution < -0.4 is 5.32 Å². The van der Waals surface area contributed by atoms with E-state index < -0.39 is 5.97 Å². The molecular formula is C9H8BrNO2. The van der Waals surface area contributed by atoms with Gasteiger partial charge in [0.05, 0.1) is 5.56 Å². The monoisotopic (exact) mass is 241 g/mol. The van der Waals surface area contributed by atoms with Gasteiger partial charge in [0.15, 0.2) is 0 Å². The van der Waals surface area contributed by atoms with Crippen LogP contribution >= 0.6 is 15.9 Å². The van der Waals surface area contributed by atoms with Gasteiger partial charge in [0.2, 0.25) is 0 Å². The molecule has 0 saturated carbocycles. The molecule has 0 amide bonds. The third-order valence-corrected chi connectivity index (χ3v) is 2.83. The zero-order valence-corrected chi connectivity index (χ0v) is 8.39. The molecule has 1 aromatic carbocycles. The Morgan fingerprint density at radius 1 is 1.54 bits per heavy atom. The van der Waals surface area contributed by atoms with E-state index in [0.29, 0.717) is 10.0 Å². The molecule has 1 heterocycles. The molecule has 0 aromatic heterocycles. The number of carboxylic acids is 1. The molecule has 0 saturated heterocycles. The predicted octanol–water partition coefficient (Wildman–Crippen LogP) is 2.12. The highest BCUT2D eigenvalue weighted by molar-refractivity contribution is 9.10. The molecule has 2 rings (SSSR count). The van der Waals surface area contributed by atoms with Crippen LogP contribution in [0, 0.1) is 0 Å². The number of nitrogens with one attached hydrogen (secondary N) is 1. The number of rotatable bonds is 1. The van der Waals surface area contributed by atoms with Crippen LogP contribution in [-0.2, 0) is 6.42 Å². The second kappa shape index (κ2) is 3.03. The number of anilines is 1. The Labute approximate surface area is 83.9 Å². The summed E-state index contributed by atoms with van der Waals surface area (Å²) in [6.45, 7) is 0.825. The highest BCUT2D eigenvalue weighted by Gasteiger charge is 2.20. The second-order valence-electron chi connectivity index (χ2n) is 2.93. The third kappa shape index (κ3) is 1.31. The quantitative estimate of drug-likeness (QED) is 0.792. The van der Waals surface area contributed by atoms with E-state index in [1.807, 2.05) is 6.07 Å². The Balaban J connectivity index is 2.65. The van der Waals surface area contributed by atoms with E-state index in [1.165, 1.54) is 0 Å². The van der Waals surface area contributed by atoms with Crippen molar-refractivity contribution in [3.8, 4) is 0 Å². The summed E-state index contributed by atoms with van der Waals surface area (Å²) in [4.78, 5) is 10.9. The molecule has 0 unspecified atom stereocenters. The van der Waals surface area contributed by atoms with Crippen LogP contribution in [-0.4, -0.2) is 17.6 Å². The molecule has 2 N–H and O–H groups in total. The normalized spacial score (nSPS) is 13.6. The molecule has 1 aliphatic rings. The van der Waals surface area contributed by atoms with Gasteiger partial charge in [0, 0.05) is 16.7 Å². The average Bonchev–Trinajstić information content (AvgIpc) is 2.50. The Morgan fingerprint density at radius 3 is 3.00 bits per heavy atom. The highest BCUT2D eigenvalue weighted by atomic mass is 79.9. The minimum absolute atomic E-state index is 0.391. The van der Waals surface area contributed by atoms with Crippen LogP contribution in [0.4, 0.5) is 5.69 Å². The van der Waals surface area contributed by atoms with Gasteiger partial charge in [-0.1, -0.05) is 0 Å². The Kier molecular flexibility index (Phi) is 2.00. The van der Waals surface area contributed by atoms with Crippen LogP contribution in [0.2, 0.25) is 0 Å². The van der Waals surface area contributed by atoms with Crippen LogP contribution in [0.3, 0.4) is 0 Å². The van der Waals surface area contributed by atoms with Crippen molar-refractivity contribution in [3.63, 3.8) is 0 Å². The van der Waals surface area contributed by atoms with E-state index in [0.717, 1.165) is 24.2 Å². The topological polar surface area (TPSA) is 49.3 Å². The lowest BCUT2D eigenvalue weighted by Gasteiger charge is -2.05. The molecule has 13 heavy (non-hydrogen) atoms. The van der Waals surface area contributed by atoms with Crippen LogP contribution in [0.15, 0.2) is 16.6 Å². The first-order valence-electron chi connectivity index (χ1n) is 3.98. The Bertz CT molecular complexity index is 376. The van der Waals surface area contributed by atoms with Crippen LogP contribution in [0.5, 0.6) is 0 Å².